The third kappa shape index (κ3) is 4.89. The molecule has 10 heteroatoms. The normalized spacial score (nSPS) is 11.2. The van der Waals surface area contributed by atoms with E-state index in [0.29, 0.717) is 0 Å². The molecule has 0 fully saturated rings. The largest absolute Gasteiger partial charge is 0.360 e. The number of thiocarbonyl (C=S) groups is 1. The third-order valence-electron chi connectivity index (χ3n) is 1.89. The van der Waals surface area contributed by atoms with Crippen molar-refractivity contribution < 1.29 is 13.2 Å². The lowest BCUT2D eigenvalue weighted by Gasteiger charge is -2.13. The summed E-state index contributed by atoms with van der Waals surface area (Å²) in [5.41, 5.74) is 0. The number of carbonyl (C=O) groups excluding carboxylic acids is 1. The van der Waals surface area contributed by atoms with Crippen molar-refractivity contribution in [2.24, 2.45) is 0 Å². The number of halogens is 1. The van der Waals surface area contributed by atoms with Gasteiger partial charge in [0, 0.05) is 13.0 Å². The molecule has 1 aromatic rings. The average Bonchev–Trinajstić information content (AvgIpc) is 2.56. The fourth-order valence-corrected chi connectivity index (χ4v) is 4.47. The van der Waals surface area contributed by atoms with E-state index in [0.717, 1.165) is 11.3 Å². The second-order valence-electron chi connectivity index (χ2n) is 4.16. The zero-order chi connectivity index (χ0) is 15.5. The van der Waals surface area contributed by atoms with Crippen molar-refractivity contribution in [2.75, 3.05) is 5.32 Å². The van der Waals surface area contributed by atoms with Crippen molar-refractivity contribution in [2.45, 2.75) is 31.7 Å². The maximum atomic E-state index is 12.2. The molecule has 0 radical (unpaired) electrons. The summed E-state index contributed by atoms with van der Waals surface area (Å²) in [4.78, 5) is 11.0. The predicted molar refractivity (Wildman–Crippen MR) is 84.8 cm³/mol. The molecule has 1 rings (SSSR count). The number of carbonyl (C=O) groups is 1. The maximum Gasteiger partial charge on any atom is 0.266 e. The van der Waals surface area contributed by atoms with Gasteiger partial charge in [-0.15, -0.1) is 11.3 Å². The molecule has 0 bridgehead atoms. The van der Waals surface area contributed by atoms with Crippen LogP contribution in [0.15, 0.2) is 11.0 Å². The van der Waals surface area contributed by atoms with E-state index in [1.54, 1.807) is 0 Å². The number of anilines is 1. The molecule has 0 spiro atoms. The van der Waals surface area contributed by atoms with Crippen LogP contribution in [0.2, 0.25) is 4.34 Å². The Morgan fingerprint density at radius 2 is 2.05 bits per heavy atom. The maximum absolute atomic E-state index is 12.2. The highest BCUT2D eigenvalue weighted by Crippen LogP contribution is 2.34. The van der Waals surface area contributed by atoms with Crippen molar-refractivity contribution >= 4 is 61.2 Å². The molecule has 0 saturated heterocycles. The summed E-state index contributed by atoms with van der Waals surface area (Å²) in [6, 6.07) is 1.25. The van der Waals surface area contributed by atoms with Gasteiger partial charge in [0.2, 0.25) is 5.91 Å². The Kier molecular flexibility index (Phi) is 5.75. The molecular weight excluding hydrogens is 342 g/mol. The quantitative estimate of drug-likeness (QED) is 0.718. The molecule has 0 unspecified atom stereocenters. The molecule has 3 N–H and O–H groups in total. The molecule has 6 nitrogen and oxygen atoms in total. The van der Waals surface area contributed by atoms with E-state index < -0.39 is 10.0 Å². The van der Waals surface area contributed by atoms with Crippen LogP contribution in [0.3, 0.4) is 0 Å². The Hall–Kier alpha value is -0.900. The number of rotatable bonds is 4. The Morgan fingerprint density at radius 3 is 2.55 bits per heavy atom. The van der Waals surface area contributed by atoms with Gasteiger partial charge in [0.05, 0.1) is 4.34 Å². The van der Waals surface area contributed by atoms with E-state index in [1.165, 1.54) is 13.0 Å². The summed E-state index contributed by atoms with van der Waals surface area (Å²) in [5, 5.41) is 5.32. The average molecular weight is 356 g/mol. The Balaban J connectivity index is 3.03. The van der Waals surface area contributed by atoms with E-state index >= 15 is 0 Å². The molecule has 1 heterocycles. The molecule has 20 heavy (non-hydrogen) atoms. The monoisotopic (exact) mass is 355 g/mol. The van der Waals surface area contributed by atoms with Crippen LogP contribution >= 0.6 is 35.2 Å². The molecule has 0 aliphatic carbocycles. The van der Waals surface area contributed by atoms with Crippen LogP contribution in [-0.2, 0) is 14.8 Å². The van der Waals surface area contributed by atoms with E-state index in [4.69, 9.17) is 23.8 Å². The van der Waals surface area contributed by atoms with Gasteiger partial charge in [-0.05, 0) is 32.1 Å². The second kappa shape index (κ2) is 6.70. The molecule has 0 aromatic carbocycles. The molecule has 0 aliphatic rings. The Labute approximate surface area is 131 Å². The summed E-state index contributed by atoms with van der Waals surface area (Å²) < 4.78 is 26.9. The van der Waals surface area contributed by atoms with Crippen molar-refractivity contribution in [3.8, 4) is 0 Å². The highest BCUT2D eigenvalue weighted by Gasteiger charge is 2.23. The molecule has 0 saturated carbocycles. The lowest BCUT2D eigenvalue weighted by molar-refractivity contribution is -0.114. The minimum Gasteiger partial charge on any atom is -0.360 e. The van der Waals surface area contributed by atoms with Crippen molar-refractivity contribution in [1.82, 2.24) is 10.0 Å². The SMILES string of the molecule is CC(=O)Nc1sc(Cl)cc1S(=O)(=O)NC(=S)NC(C)C. The van der Waals surface area contributed by atoms with Gasteiger partial charge < -0.3 is 10.6 Å². The van der Waals surface area contributed by atoms with Gasteiger partial charge in [0.1, 0.15) is 9.90 Å². The van der Waals surface area contributed by atoms with Gasteiger partial charge in [-0.1, -0.05) is 11.6 Å². The fraction of sp³-hybridized carbons (Fsp3) is 0.400. The molecule has 1 aromatic heterocycles. The van der Waals surface area contributed by atoms with Crippen molar-refractivity contribution in [3.63, 3.8) is 0 Å². The topological polar surface area (TPSA) is 87.3 Å². The van der Waals surface area contributed by atoms with E-state index in [2.05, 4.69) is 15.4 Å². The van der Waals surface area contributed by atoms with Crippen molar-refractivity contribution in [1.29, 1.82) is 0 Å². The first-order valence-corrected chi connectivity index (χ1v) is 8.60. The highest BCUT2D eigenvalue weighted by molar-refractivity contribution is 7.92. The minimum atomic E-state index is -3.90. The van der Waals surface area contributed by atoms with Crippen molar-refractivity contribution in [3.05, 3.63) is 10.4 Å². The first kappa shape index (κ1) is 17.2. The zero-order valence-electron chi connectivity index (χ0n) is 11.0. The van der Waals surface area contributed by atoms with Crippen LogP contribution in [-0.4, -0.2) is 25.5 Å². The Morgan fingerprint density at radius 1 is 1.45 bits per heavy atom. The molecule has 0 atom stereocenters. The minimum absolute atomic E-state index is 0.00826. The summed E-state index contributed by atoms with van der Waals surface area (Å²) in [5.74, 6) is -0.386. The number of amides is 1. The summed E-state index contributed by atoms with van der Waals surface area (Å²) in [6.45, 7) is 4.93. The van der Waals surface area contributed by atoms with Gasteiger partial charge in [0.15, 0.2) is 5.11 Å². The number of hydrogen-bond acceptors (Lipinski definition) is 5. The number of nitrogens with one attached hydrogen (secondary N) is 3. The van der Waals surface area contributed by atoms with Crippen LogP contribution in [0.5, 0.6) is 0 Å². The zero-order valence-corrected chi connectivity index (χ0v) is 14.2. The van der Waals surface area contributed by atoms with Gasteiger partial charge in [-0.3, -0.25) is 9.52 Å². The third-order valence-corrected chi connectivity index (χ3v) is 4.93. The number of thiophene rings is 1. The Bertz CT molecular complexity index is 625. The van der Waals surface area contributed by atoms with Gasteiger partial charge >= 0.3 is 0 Å². The van der Waals surface area contributed by atoms with Gasteiger partial charge in [0.25, 0.3) is 10.0 Å². The predicted octanol–water partition coefficient (Wildman–Crippen LogP) is 1.92. The number of hydrogen-bond donors (Lipinski definition) is 3. The van der Waals surface area contributed by atoms with Crippen LogP contribution in [0, 0.1) is 0 Å². The lowest BCUT2D eigenvalue weighted by Crippen LogP contribution is -2.42. The highest BCUT2D eigenvalue weighted by atomic mass is 35.5. The lowest BCUT2D eigenvalue weighted by atomic mass is 10.4. The molecule has 0 aliphatic heterocycles. The molecule has 112 valence electrons. The van der Waals surface area contributed by atoms with Crippen LogP contribution < -0.4 is 15.4 Å². The summed E-state index contributed by atoms with van der Waals surface area (Å²) >= 11 is 11.7. The first-order chi connectivity index (χ1) is 9.11. The van der Waals surface area contributed by atoms with Crippen LogP contribution in [0.25, 0.3) is 0 Å². The second-order valence-corrected chi connectivity index (χ2v) is 7.90. The summed E-state index contributed by atoms with van der Waals surface area (Å²) in [6.07, 6.45) is 0. The number of sulfonamides is 1. The van der Waals surface area contributed by atoms with E-state index in [9.17, 15) is 13.2 Å². The van der Waals surface area contributed by atoms with E-state index in [1.807, 2.05) is 13.8 Å². The van der Waals surface area contributed by atoms with Gasteiger partial charge in [-0.2, -0.15) is 0 Å². The van der Waals surface area contributed by atoms with Crippen LogP contribution in [0.1, 0.15) is 20.8 Å². The smallest absolute Gasteiger partial charge is 0.266 e. The van der Waals surface area contributed by atoms with Gasteiger partial charge in [-0.25, -0.2) is 8.42 Å². The van der Waals surface area contributed by atoms with Crippen LogP contribution in [0.4, 0.5) is 5.00 Å². The molecular formula is C10H14ClN3O3S3. The van der Waals surface area contributed by atoms with E-state index in [-0.39, 0.29) is 31.3 Å². The fourth-order valence-electron chi connectivity index (χ4n) is 1.26. The summed E-state index contributed by atoms with van der Waals surface area (Å²) in [7, 11) is -3.90. The standard InChI is InChI=1S/C10H14ClN3O3S3/c1-5(2)12-10(18)14-20(16,17)7-4-8(11)19-9(7)13-6(3)15/h4-5H,1-3H3,(H,13,15)(H2,12,14,18). The molecule has 1 amide bonds. The first-order valence-electron chi connectivity index (χ1n) is 5.52.